The van der Waals surface area contributed by atoms with Crippen molar-refractivity contribution in [3.8, 4) is 11.4 Å². The van der Waals surface area contributed by atoms with Crippen LogP contribution in [0.25, 0.3) is 11.4 Å². The molecule has 0 bridgehead atoms. The molecule has 0 spiro atoms. The lowest BCUT2D eigenvalue weighted by Crippen LogP contribution is -1.98. The fourth-order valence-electron chi connectivity index (χ4n) is 1.83. The SMILES string of the molecule is NCCCCCc1nc(-c2cc(Cl)cc(Br)c2)n[nH]1. The van der Waals surface area contributed by atoms with Gasteiger partial charge in [-0.25, -0.2) is 4.98 Å². The third-order valence-corrected chi connectivity index (χ3v) is 3.45. The fraction of sp³-hybridized carbons (Fsp3) is 0.385. The van der Waals surface area contributed by atoms with Gasteiger partial charge in [0.15, 0.2) is 5.82 Å². The summed E-state index contributed by atoms with van der Waals surface area (Å²) in [6.07, 6.45) is 4.15. The highest BCUT2D eigenvalue weighted by molar-refractivity contribution is 9.10. The van der Waals surface area contributed by atoms with Gasteiger partial charge in [-0.05, 0) is 37.6 Å². The van der Waals surface area contributed by atoms with Crippen LogP contribution in [-0.4, -0.2) is 21.7 Å². The Balaban J connectivity index is 2.03. The Morgan fingerprint density at radius 2 is 2.05 bits per heavy atom. The van der Waals surface area contributed by atoms with Crippen LogP contribution in [0.4, 0.5) is 0 Å². The average Bonchev–Trinajstić information content (AvgIpc) is 2.82. The van der Waals surface area contributed by atoms with Crippen LogP contribution >= 0.6 is 27.5 Å². The highest BCUT2D eigenvalue weighted by Crippen LogP contribution is 2.25. The molecule has 4 nitrogen and oxygen atoms in total. The van der Waals surface area contributed by atoms with Crippen molar-refractivity contribution in [1.82, 2.24) is 15.2 Å². The fourth-order valence-corrected chi connectivity index (χ4v) is 2.69. The van der Waals surface area contributed by atoms with Gasteiger partial charge in [0.1, 0.15) is 5.82 Å². The van der Waals surface area contributed by atoms with Crippen molar-refractivity contribution in [3.63, 3.8) is 0 Å². The number of hydrogen-bond donors (Lipinski definition) is 2. The van der Waals surface area contributed by atoms with E-state index in [1.165, 1.54) is 0 Å². The molecule has 1 aromatic carbocycles. The van der Waals surface area contributed by atoms with E-state index < -0.39 is 0 Å². The average molecular weight is 344 g/mol. The van der Waals surface area contributed by atoms with E-state index in [0.29, 0.717) is 10.8 Å². The first-order chi connectivity index (χ1) is 9.19. The zero-order chi connectivity index (χ0) is 13.7. The number of nitrogens with zero attached hydrogens (tertiary/aromatic N) is 2. The van der Waals surface area contributed by atoms with Crippen LogP contribution in [0.2, 0.25) is 5.02 Å². The minimum atomic E-state index is 0.665. The number of aromatic amines is 1. The number of halogens is 2. The van der Waals surface area contributed by atoms with Crippen molar-refractivity contribution >= 4 is 27.5 Å². The monoisotopic (exact) mass is 342 g/mol. The Kier molecular flexibility index (Phi) is 5.36. The molecule has 102 valence electrons. The van der Waals surface area contributed by atoms with Gasteiger partial charge in [-0.2, -0.15) is 5.10 Å². The van der Waals surface area contributed by atoms with E-state index in [0.717, 1.165) is 48.1 Å². The predicted molar refractivity (Wildman–Crippen MR) is 81.1 cm³/mol. The Morgan fingerprint density at radius 1 is 1.21 bits per heavy atom. The molecule has 0 aliphatic heterocycles. The van der Waals surface area contributed by atoms with Gasteiger partial charge in [0.2, 0.25) is 0 Å². The smallest absolute Gasteiger partial charge is 0.181 e. The van der Waals surface area contributed by atoms with Crippen LogP contribution < -0.4 is 5.73 Å². The summed E-state index contributed by atoms with van der Waals surface area (Å²) >= 11 is 9.43. The van der Waals surface area contributed by atoms with E-state index in [-0.39, 0.29) is 0 Å². The van der Waals surface area contributed by atoms with Crippen LogP contribution in [0, 0.1) is 0 Å². The number of aryl methyl sites for hydroxylation is 1. The molecule has 0 saturated heterocycles. The first kappa shape index (κ1) is 14.5. The molecule has 1 heterocycles. The van der Waals surface area contributed by atoms with E-state index in [9.17, 15) is 0 Å². The molecule has 2 rings (SSSR count). The molecule has 3 N–H and O–H groups in total. The molecule has 0 aliphatic rings. The molecule has 0 unspecified atom stereocenters. The summed E-state index contributed by atoms with van der Waals surface area (Å²) in [6.45, 7) is 0.748. The van der Waals surface area contributed by atoms with Crippen LogP contribution in [-0.2, 0) is 6.42 Å². The zero-order valence-corrected chi connectivity index (χ0v) is 12.8. The van der Waals surface area contributed by atoms with Crippen molar-refractivity contribution in [2.24, 2.45) is 5.73 Å². The van der Waals surface area contributed by atoms with Crippen LogP contribution in [0.5, 0.6) is 0 Å². The summed E-state index contributed by atoms with van der Waals surface area (Å²) in [6, 6.07) is 5.65. The second-order valence-corrected chi connectivity index (χ2v) is 5.72. The molecule has 2 aromatic rings. The normalized spacial score (nSPS) is 10.9. The number of H-pyrrole nitrogens is 1. The molecule has 0 amide bonds. The first-order valence-corrected chi connectivity index (χ1v) is 7.44. The molecular formula is C13H16BrClN4. The Bertz CT molecular complexity index is 521. The quantitative estimate of drug-likeness (QED) is 0.788. The largest absolute Gasteiger partial charge is 0.330 e. The molecule has 1 aromatic heterocycles. The van der Waals surface area contributed by atoms with Gasteiger partial charge in [-0.15, -0.1) is 0 Å². The van der Waals surface area contributed by atoms with Crippen LogP contribution in [0.3, 0.4) is 0 Å². The summed E-state index contributed by atoms with van der Waals surface area (Å²) in [5.41, 5.74) is 6.37. The summed E-state index contributed by atoms with van der Waals surface area (Å²) in [4.78, 5) is 4.48. The molecule has 6 heteroatoms. The van der Waals surface area contributed by atoms with Gasteiger partial charge < -0.3 is 5.73 Å². The number of rotatable bonds is 6. The number of nitrogens with one attached hydrogen (secondary N) is 1. The van der Waals surface area contributed by atoms with Gasteiger partial charge in [0.25, 0.3) is 0 Å². The van der Waals surface area contributed by atoms with Crippen molar-refractivity contribution < 1.29 is 0 Å². The Labute approximate surface area is 125 Å². The highest BCUT2D eigenvalue weighted by Gasteiger charge is 2.07. The van der Waals surface area contributed by atoms with Crippen molar-refractivity contribution in [1.29, 1.82) is 0 Å². The lowest BCUT2D eigenvalue weighted by atomic mass is 10.2. The number of aromatic nitrogens is 3. The van der Waals surface area contributed by atoms with E-state index in [1.54, 1.807) is 0 Å². The van der Waals surface area contributed by atoms with Crippen LogP contribution in [0.15, 0.2) is 22.7 Å². The number of benzene rings is 1. The van der Waals surface area contributed by atoms with Gasteiger partial charge in [0.05, 0.1) is 0 Å². The maximum Gasteiger partial charge on any atom is 0.181 e. The first-order valence-electron chi connectivity index (χ1n) is 6.27. The summed E-state index contributed by atoms with van der Waals surface area (Å²) < 4.78 is 0.921. The van der Waals surface area contributed by atoms with E-state index >= 15 is 0 Å². The Hall–Kier alpha value is -0.910. The Morgan fingerprint density at radius 3 is 2.79 bits per heavy atom. The maximum atomic E-state index is 6.02. The third-order valence-electron chi connectivity index (χ3n) is 2.77. The summed E-state index contributed by atoms with van der Waals surface area (Å²) in [7, 11) is 0. The molecule has 0 atom stereocenters. The van der Waals surface area contributed by atoms with Crippen molar-refractivity contribution in [2.45, 2.75) is 25.7 Å². The number of nitrogens with two attached hydrogens (primary N) is 1. The van der Waals surface area contributed by atoms with Crippen molar-refractivity contribution in [2.75, 3.05) is 6.54 Å². The van der Waals surface area contributed by atoms with Crippen molar-refractivity contribution in [3.05, 3.63) is 33.5 Å². The molecular weight excluding hydrogens is 328 g/mol. The summed E-state index contributed by atoms with van der Waals surface area (Å²) in [5.74, 6) is 1.58. The number of unbranched alkanes of at least 4 members (excludes halogenated alkanes) is 2. The molecule has 19 heavy (non-hydrogen) atoms. The minimum absolute atomic E-state index is 0.665. The standard InChI is InChI=1S/C13H16BrClN4/c14-10-6-9(7-11(15)8-10)13-17-12(18-19-13)4-2-1-3-5-16/h6-8H,1-5,16H2,(H,17,18,19). The van der Waals surface area contributed by atoms with Gasteiger partial charge in [-0.1, -0.05) is 34.0 Å². The summed E-state index contributed by atoms with van der Waals surface area (Å²) in [5, 5.41) is 7.86. The lowest BCUT2D eigenvalue weighted by molar-refractivity contribution is 0.670. The minimum Gasteiger partial charge on any atom is -0.330 e. The second-order valence-electron chi connectivity index (χ2n) is 4.36. The lowest BCUT2D eigenvalue weighted by Gasteiger charge is -1.98. The predicted octanol–water partition coefficient (Wildman–Crippen LogP) is 3.56. The second kappa shape index (κ2) is 7.03. The van der Waals surface area contributed by atoms with Gasteiger partial charge >= 0.3 is 0 Å². The van der Waals surface area contributed by atoms with Crippen LogP contribution in [0.1, 0.15) is 25.1 Å². The van der Waals surface area contributed by atoms with E-state index in [2.05, 4.69) is 31.1 Å². The van der Waals surface area contributed by atoms with E-state index in [1.807, 2.05) is 18.2 Å². The van der Waals surface area contributed by atoms with E-state index in [4.69, 9.17) is 17.3 Å². The topological polar surface area (TPSA) is 67.6 Å². The third kappa shape index (κ3) is 4.30. The highest BCUT2D eigenvalue weighted by atomic mass is 79.9. The van der Waals surface area contributed by atoms with Gasteiger partial charge in [0, 0.05) is 21.5 Å². The molecule has 0 radical (unpaired) electrons. The molecule has 0 aliphatic carbocycles. The van der Waals surface area contributed by atoms with Gasteiger partial charge in [-0.3, -0.25) is 5.10 Å². The molecule has 0 saturated carbocycles. The molecule has 0 fully saturated rings. The zero-order valence-electron chi connectivity index (χ0n) is 10.5. The maximum absolute atomic E-state index is 6.02. The number of hydrogen-bond acceptors (Lipinski definition) is 3.